The number of ether oxygens (including phenoxy) is 2. The fraction of sp³-hybridized carbons (Fsp3) is 0.611. The number of nitrogens with one attached hydrogen (secondary N) is 1. The lowest BCUT2D eigenvalue weighted by Gasteiger charge is -2.33. The molecule has 1 fully saturated rings. The minimum absolute atomic E-state index is 0.0272. The van der Waals surface area contributed by atoms with E-state index in [0.717, 1.165) is 24.0 Å². The smallest absolute Gasteiger partial charge is 0.234 e. The zero-order chi connectivity index (χ0) is 17.1. The first kappa shape index (κ1) is 17.0. The molecule has 1 aromatic carbocycles. The van der Waals surface area contributed by atoms with Gasteiger partial charge in [-0.3, -0.25) is 9.69 Å². The average molecular weight is 334 g/mol. The number of aliphatic hydroxyl groups is 1. The summed E-state index contributed by atoms with van der Waals surface area (Å²) in [5.74, 6) is 1.40. The number of benzene rings is 1. The predicted octanol–water partition coefficient (Wildman–Crippen LogP) is 1.61. The van der Waals surface area contributed by atoms with Gasteiger partial charge in [-0.1, -0.05) is 12.8 Å². The van der Waals surface area contributed by atoms with Gasteiger partial charge in [-0.25, -0.2) is 0 Å². The second-order valence-electron chi connectivity index (χ2n) is 6.60. The molecule has 0 spiro atoms. The monoisotopic (exact) mass is 334 g/mol. The highest BCUT2D eigenvalue weighted by Crippen LogP contribution is 2.39. The molecule has 0 bridgehead atoms. The summed E-state index contributed by atoms with van der Waals surface area (Å²) < 4.78 is 10.8. The standard InChI is InChI=1S/C18H26N2O4/c1-23-15-7-8-16(24-2)18-13(15)9-20(10-14(18)21)11-17(22)19-12-5-3-4-6-12/h7-8,12,14,21H,3-6,9-11H2,1-2H3,(H,19,22)/t14-/m0/s1. The van der Waals surface area contributed by atoms with E-state index in [9.17, 15) is 9.90 Å². The Morgan fingerprint density at radius 2 is 1.92 bits per heavy atom. The first-order valence-corrected chi connectivity index (χ1v) is 8.56. The van der Waals surface area contributed by atoms with E-state index >= 15 is 0 Å². The van der Waals surface area contributed by atoms with E-state index in [1.54, 1.807) is 14.2 Å². The highest BCUT2D eigenvalue weighted by atomic mass is 16.5. The Labute approximate surface area is 142 Å². The van der Waals surface area contributed by atoms with Crippen LogP contribution < -0.4 is 14.8 Å². The summed E-state index contributed by atoms with van der Waals surface area (Å²) in [6.45, 7) is 1.26. The number of β-amino-alcohol motifs (C(OH)–C–C–N with tert-alkyl or cyclic N) is 1. The average Bonchev–Trinajstić information content (AvgIpc) is 3.06. The number of hydrogen-bond acceptors (Lipinski definition) is 5. The van der Waals surface area contributed by atoms with Gasteiger partial charge in [0.05, 0.1) is 26.9 Å². The highest BCUT2D eigenvalue weighted by Gasteiger charge is 2.30. The summed E-state index contributed by atoms with van der Waals surface area (Å²) in [6, 6.07) is 3.96. The van der Waals surface area contributed by atoms with Crippen molar-refractivity contribution in [3.8, 4) is 11.5 Å². The largest absolute Gasteiger partial charge is 0.496 e. The summed E-state index contributed by atoms with van der Waals surface area (Å²) in [5.41, 5.74) is 1.66. The molecular weight excluding hydrogens is 308 g/mol. The van der Waals surface area contributed by atoms with Crippen molar-refractivity contribution in [1.29, 1.82) is 0 Å². The van der Waals surface area contributed by atoms with Crippen LogP contribution in [0.5, 0.6) is 11.5 Å². The number of aliphatic hydroxyl groups excluding tert-OH is 1. The summed E-state index contributed by atoms with van der Waals surface area (Å²) in [6.07, 6.45) is 3.83. The summed E-state index contributed by atoms with van der Waals surface area (Å²) in [5, 5.41) is 13.6. The van der Waals surface area contributed by atoms with E-state index in [-0.39, 0.29) is 12.5 Å². The molecule has 1 heterocycles. The van der Waals surface area contributed by atoms with Gasteiger partial charge in [-0.2, -0.15) is 0 Å². The van der Waals surface area contributed by atoms with Crippen LogP contribution >= 0.6 is 0 Å². The van der Waals surface area contributed by atoms with E-state index in [4.69, 9.17) is 9.47 Å². The molecular formula is C18H26N2O4. The lowest BCUT2D eigenvalue weighted by atomic mass is 9.95. The predicted molar refractivity (Wildman–Crippen MR) is 90.2 cm³/mol. The molecule has 1 saturated carbocycles. The molecule has 0 saturated heterocycles. The van der Waals surface area contributed by atoms with Crippen molar-refractivity contribution in [1.82, 2.24) is 10.2 Å². The lowest BCUT2D eigenvalue weighted by Crippen LogP contribution is -2.44. The Balaban J connectivity index is 1.72. The van der Waals surface area contributed by atoms with Gasteiger partial charge in [-0.05, 0) is 25.0 Å². The van der Waals surface area contributed by atoms with Gasteiger partial charge >= 0.3 is 0 Å². The number of fused-ring (bicyclic) bond motifs is 1. The van der Waals surface area contributed by atoms with Crippen LogP contribution in [0.4, 0.5) is 0 Å². The Morgan fingerprint density at radius 1 is 1.25 bits per heavy atom. The molecule has 6 heteroatoms. The number of carbonyl (C=O) groups is 1. The van der Waals surface area contributed by atoms with Crippen molar-refractivity contribution in [2.45, 2.75) is 44.4 Å². The Morgan fingerprint density at radius 3 is 2.58 bits per heavy atom. The van der Waals surface area contributed by atoms with Gasteiger partial charge in [0.2, 0.25) is 5.91 Å². The second-order valence-corrected chi connectivity index (χ2v) is 6.60. The van der Waals surface area contributed by atoms with Crippen LogP contribution in [0, 0.1) is 0 Å². The van der Waals surface area contributed by atoms with E-state index in [1.807, 2.05) is 17.0 Å². The zero-order valence-corrected chi connectivity index (χ0v) is 14.4. The molecule has 24 heavy (non-hydrogen) atoms. The van der Waals surface area contributed by atoms with Crippen molar-refractivity contribution in [2.24, 2.45) is 0 Å². The van der Waals surface area contributed by atoms with Crippen LogP contribution in [0.2, 0.25) is 0 Å². The molecule has 1 atom stereocenters. The molecule has 6 nitrogen and oxygen atoms in total. The van der Waals surface area contributed by atoms with Crippen LogP contribution in [0.3, 0.4) is 0 Å². The molecule has 0 radical (unpaired) electrons. The molecule has 3 rings (SSSR count). The molecule has 1 aromatic rings. The summed E-state index contributed by atoms with van der Waals surface area (Å²) in [7, 11) is 3.20. The molecule has 2 aliphatic rings. The summed E-state index contributed by atoms with van der Waals surface area (Å²) >= 11 is 0. The number of rotatable bonds is 5. The minimum Gasteiger partial charge on any atom is -0.496 e. The topological polar surface area (TPSA) is 71.0 Å². The van der Waals surface area contributed by atoms with Gasteiger partial charge in [-0.15, -0.1) is 0 Å². The summed E-state index contributed by atoms with van der Waals surface area (Å²) in [4.78, 5) is 14.2. The van der Waals surface area contributed by atoms with Crippen molar-refractivity contribution in [3.63, 3.8) is 0 Å². The van der Waals surface area contributed by atoms with Gasteiger partial charge in [0, 0.05) is 30.3 Å². The molecule has 0 unspecified atom stereocenters. The molecule has 132 valence electrons. The maximum atomic E-state index is 12.3. The van der Waals surface area contributed by atoms with E-state index in [1.165, 1.54) is 12.8 Å². The third-order valence-corrected chi connectivity index (χ3v) is 4.95. The van der Waals surface area contributed by atoms with Gasteiger partial charge in [0.25, 0.3) is 0 Å². The van der Waals surface area contributed by atoms with Gasteiger partial charge in [0.15, 0.2) is 0 Å². The Kier molecular flexibility index (Phi) is 5.26. The maximum absolute atomic E-state index is 12.3. The van der Waals surface area contributed by atoms with Crippen molar-refractivity contribution in [2.75, 3.05) is 27.3 Å². The van der Waals surface area contributed by atoms with Crippen LogP contribution in [-0.2, 0) is 11.3 Å². The first-order chi connectivity index (χ1) is 11.6. The maximum Gasteiger partial charge on any atom is 0.234 e. The molecule has 2 N–H and O–H groups in total. The van der Waals surface area contributed by atoms with Crippen LogP contribution in [0.1, 0.15) is 42.9 Å². The molecule has 1 aliphatic heterocycles. The lowest BCUT2D eigenvalue weighted by molar-refractivity contribution is -0.123. The SMILES string of the molecule is COc1ccc(OC)c2c1CN(CC(=O)NC1CCCC1)C[C@@H]2O. The van der Waals surface area contributed by atoms with Gasteiger partial charge < -0.3 is 19.9 Å². The molecule has 0 aromatic heterocycles. The number of methoxy groups -OCH3 is 2. The van der Waals surface area contributed by atoms with E-state index in [2.05, 4.69) is 5.32 Å². The molecule has 1 amide bonds. The number of hydrogen-bond donors (Lipinski definition) is 2. The normalized spacial score (nSPS) is 21.4. The number of amides is 1. The quantitative estimate of drug-likeness (QED) is 0.856. The van der Waals surface area contributed by atoms with Crippen LogP contribution in [0.25, 0.3) is 0 Å². The van der Waals surface area contributed by atoms with Gasteiger partial charge in [0.1, 0.15) is 11.5 Å². The van der Waals surface area contributed by atoms with Crippen LogP contribution in [0.15, 0.2) is 12.1 Å². The third kappa shape index (κ3) is 3.49. The number of carbonyl (C=O) groups excluding carboxylic acids is 1. The zero-order valence-electron chi connectivity index (χ0n) is 14.4. The Hall–Kier alpha value is -1.79. The van der Waals surface area contributed by atoms with E-state index < -0.39 is 6.10 Å². The Bertz CT molecular complexity index is 599. The fourth-order valence-electron chi connectivity index (χ4n) is 3.81. The number of nitrogens with zero attached hydrogens (tertiary/aromatic N) is 1. The second kappa shape index (κ2) is 7.40. The van der Waals surface area contributed by atoms with Crippen molar-refractivity contribution >= 4 is 5.91 Å². The highest BCUT2D eigenvalue weighted by molar-refractivity contribution is 5.78. The van der Waals surface area contributed by atoms with E-state index in [0.29, 0.717) is 30.6 Å². The van der Waals surface area contributed by atoms with Crippen LogP contribution in [-0.4, -0.2) is 49.3 Å². The minimum atomic E-state index is -0.696. The third-order valence-electron chi connectivity index (χ3n) is 4.95. The van der Waals surface area contributed by atoms with Crippen molar-refractivity contribution < 1.29 is 19.4 Å². The molecule has 1 aliphatic carbocycles. The van der Waals surface area contributed by atoms with Crippen molar-refractivity contribution in [3.05, 3.63) is 23.3 Å². The first-order valence-electron chi connectivity index (χ1n) is 8.56. The fourth-order valence-corrected chi connectivity index (χ4v) is 3.81.